The Kier molecular flexibility index (Phi) is 3.32. The van der Waals surface area contributed by atoms with Crippen molar-refractivity contribution in [1.29, 1.82) is 0 Å². The third kappa shape index (κ3) is 2.28. The standard InChI is InChI=1S/C14H12IN3S/c1-9-13(10-7-12(15)19-8-10)17-18(14(9)16)11-5-3-2-4-6-11/h2-8H,16H2,1H3. The van der Waals surface area contributed by atoms with Crippen LogP contribution in [0.25, 0.3) is 16.9 Å². The molecule has 0 unspecified atom stereocenters. The Balaban J connectivity index is 2.15. The highest BCUT2D eigenvalue weighted by molar-refractivity contribution is 14.1. The van der Waals surface area contributed by atoms with Crippen LogP contribution in [0.5, 0.6) is 0 Å². The fraction of sp³-hybridized carbons (Fsp3) is 0.0714. The predicted octanol–water partition coefficient (Wildman–Crippen LogP) is 4.10. The quantitative estimate of drug-likeness (QED) is 0.680. The number of nitrogens with zero attached hydrogens (tertiary/aromatic N) is 2. The van der Waals surface area contributed by atoms with E-state index >= 15 is 0 Å². The smallest absolute Gasteiger partial charge is 0.130 e. The van der Waals surface area contributed by atoms with E-state index in [0.29, 0.717) is 5.82 Å². The summed E-state index contributed by atoms with van der Waals surface area (Å²) in [6, 6.07) is 12.1. The van der Waals surface area contributed by atoms with E-state index < -0.39 is 0 Å². The van der Waals surface area contributed by atoms with E-state index in [-0.39, 0.29) is 0 Å². The Labute approximate surface area is 129 Å². The van der Waals surface area contributed by atoms with Crippen molar-refractivity contribution in [2.24, 2.45) is 0 Å². The largest absolute Gasteiger partial charge is 0.383 e. The van der Waals surface area contributed by atoms with Crippen LogP contribution >= 0.6 is 33.9 Å². The number of aromatic nitrogens is 2. The Hall–Kier alpha value is -1.34. The van der Waals surface area contributed by atoms with Crippen LogP contribution in [0.3, 0.4) is 0 Å². The maximum absolute atomic E-state index is 6.18. The molecule has 0 aliphatic rings. The number of hydrogen-bond acceptors (Lipinski definition) is 3. The van der Waals surface area contributed by atoms with Crippen molar-refractivity contribution in [2.45, 2.75) is 6.92 Å². The van der Waals surface area contributed by atoms with Gasteiger partial charge in [-0.25, -0.2) is 4.68 Å². The lowest BCUT2D eigenvalue weighted by Crippen LogP contribution is -2.01. The van der Waals surface area contributed by atoms with Crippen LogP contribution in [0.1, 0.15) is 5.56 Å². The van der Waals surface area contributed by atoms with E-state index in [1.165, 1.54) is 2.88 Å². The Bertz CT molecular complexity index is 716. The molecular weight excluding hydrogens is 369 g/mol. The van der Waals surface area contributed by atoms with Crippen molar-refractivity contribution in [3.05, 3.63) is 50.2 Å². The molecule has 2 aromatic heterocycles. The zero-order valence-electron chi connectivity index (χ0n) is 10.3. The number of hydrogen-bond donors (Lipinski definition) is 1. The summed E-state index contributed by atoms with van der Waals surface area (Å²) in [5.74, 6) is 0.697. The van der Waals surface area contributed by atoms with Crippen molar-refractivity contribution in [3.63, 3.8) is 0 Å². The minimum atomic E-state index is 0.697. The molecule has 0 amide bonds. The van der Waals surface area contributed by atoms with Crippen molar-refractivity contribution >= 4 is 39.7 Å². The Morgan fingerprint density at radius 3 is 2.63 bits per heavy atom. The summed E-state index contributed by atoms with van der Waals surface area (Å²) in [6.07, 6.45) is 0. The molecule has 19 heavy (non-hydrogen) atoms. The maximum Gasteiger partial charge on any atom is 0.130 e. The minimum absolute atomic E-state index is 0.697. The summed E-state index contributed by atoms with van der Waals surface area (Å²) < 4.78 is 3.05. The lowest BCUT2D eigenvalue weighted by Gasteiger charge is -2.02. The van der Waals surface area contributed by atoms with E-state index in [9.17, 15) is 0 Å². The van der Waals surface area contributed by atoms with Crippen LogP contribution in [0.4, 0.5) is 5.82 Å². The molecule has 2 N–H and O–H groups in total. The summed E-state index contributed by atoms with van der Waals surface area (Å²) >= 11 is 4.03. The third-order valence-electron chi connectivity index (χ3n) is 3.01. The zero-order chi connectivity index (χ0) is 13.4. The SMILES string of the molecule is Cc1c(-c2csc(I)c2)nn(-c2ccccc2)c1N. The second-order valence-corrected chi connectivity index (χ2v) is 7.05. The molecule has 0 fully saturated rings. The summed E-state index contributed by atoms with van der Waals surface area (Å²) in [5.41, 5.74) is 10.3. The molecule has 0 aliphatic carbocycles. The van der Waals surface area contributed by atoms with Gasteiger partial charge in [0.05, 0.1) is 14.3 Å². The highest BCUT2D eigenvalue weighted by Gasteiger charge is 2.15. The lowest BCUT2D eigenvalue weighted by molar-refractivity contribution is 0.895. The molecule has 5 heteroatoms. The molecular formula is C14H12IN3S. The molecule has 0 atom stereocenters. The van der Waals surface area contributed by atoms with Crippen molar-refractivity contribution in [1.82, 2.24) is 9.78 Å². The normalized spacial score (nSPS) is 10.8. The summed E-state index contributed by atoms with van der Waals surface area (Å²) in [4.78, 5) is 0. The van der Waals surface area contributed by atoms with Gasteiger partial charge in [0.2, 0.25) is 0 Å². The van der Waals surface area contributed by atoms with Gasteiger partial charge in [-0.1, -0.05) is 18.2 Å². The highest BCUT2D eigenvalue weighted by Crippen LogP contribution is 2.31. The number of halogens is 1. The fourth-order valence-electron chi connectivity index (χ4n) is 1.98. The van der Waals surface area contributed by atoms with Crippen molar-refractivity contribution < 1.29 is 0 Å². The maximum atomic E-state index is 6.18. The number of para-hydroxylation sites is 1. The van der Waals surface area contributed by atoms with E-state index in [2.05, 4.69) is 39.1 Å². The average molecular weight is 381 g/mol. The van der Waals surface area contributed by atoms with Crippen LogP contribution in [0.2, 0.25) is 0 Å². The number of thiophene rings is 1. The van der Waals surface area contributed by atoms with Gasteiger partial charge in [0.25, 0.3) is 0 Å². The minimum Gasteiger partial charge on any atom is -0.383 e. The van der Waals surface area contributed by atoms with Crippen molar-refractivity contribution in [2.75, 3.05) is 5.73 Å². The van der Waals surface area contributed by atoms with Gasteiger partial charge in [0.1, 0.15) is 5.82 Å². The van der Waals surface area contributed by atoms with E-state index in [4.69, 9.17) is 5.73 Å². The number of benzene rings is 1. The van der Waals surface area contributed by atoms with Gasteiger partial charge in [0, 0.05) is 16.5 Å². The molecule has 96 valence electrons. The van der Waals surface area contributed by atoms with Gasteiger partial charge in [-0.15, -0.1) is 11.3 Å². The van der Waals surface area contributed by atoms with E-state index in [0.717, 1.165) is 22.5 Å². The van der Waals surface area contributed by atoms with Gasteiger partial charge in [-0.05, 0) is 47.7 Å². The monoisotopic (exact) mass is 381 g/mol. The van der Waals surface area contributed by atoms with Gasteiger partial charge in [0.15, 0.2) is 0 Å². The van der Waals surface area contributed by atoms with Gasteiger partial charge < -0.3 is 5.73 Å². The topological polar surface area (TPSA) is 43.8 Å². The van der Waals surface area contributed by atoms with Crippen LogP contribution in [0, 0.1) is 9.81 Å². The first-order chi connectivity index (χ1) is 9.16. The van der Waals surface area contributed by atoms with Crippen LogP contribution in [-0.4, -0.2) is 9.78 Å². The van der Waals surface area contributed by atoms with Crippen LogP contribution in [0.15, 0.2) is 41.8 Å². The van der Waals surface area contributed by atoms with E-state index in [1.54, 1.807) is 16.0 Å². The number of nitrogen functional groups attached to an aromatic ring is 1. The first-order valence-electron chi connectivity index (χ1n) is 5.82. The Morgan fingerprint density at radius 2 is 2.00 bits per heavy atom. The third-order valence-corrected chi connectivity index (χ3v) is 4.80. The summed E-state index contributed by atoms with van der Waals surface area (Å²) in [5, 5.41) is 6.78. The second kappa shape index (κ2) is 4.97. The molecule has 0 saturated heterocycles. The van der Waals surface area contributed by atoms with Crippen LogP contribution < -0.4 is 5.73 Å². The van der Waals surface area contributed by atoms with Gasteiger partial charge >= 0.3 is 0 Å². The van der Waals surface area contributed by atoms with Gasteiger partial charge in [-0.2, -0.15) is 5.10 Å². The Morgan fingerprint density at radius 1 is 1.26 bits per heavy atom. The number of rotatable bonds is 2. The predicted molar refractivity (Wildman–Crippen MR) is 88.7 cm³/mol. The second-order valence-electron chi connectivity index (χ2n) is 4.25. The van der Waals surface area contributed by atoms with E-state index in [1.807, 2.05) is 37.3 Å². The average Bonchev–Trinajstić information content (AvgIpc) is 2.97. The molecule has 3 rings (SSSR count). The highest BCUT2D eigenvalue weighted by atomic mass is 127. The molecule has 0 aliphatic heterocycles. The molecule has 3 nitrogen and oxygen atoms in total. The van der Waals surface area contributed by atoms with Gasteiger partial charge in [-0.3, -0.25) is 0 Å². The van der Waals surface area contributed by atoms with Crippen molar-refractivity contribution in [3.8, 4) is 16.9 Å². The molecule has 0 saturated carbocycles. The molecule has 0 spiro atoms. The molecule has 0 radical (unpaired) electrons. The number of anilines is 1. The molecule has 0 bridgehead atoms. The zero-order valence-corrected chi connectivity index (χ0v) is 13.3. The molecule has 3 aromatic rings. The fourth-order valence-corrected chi connectivity index (χ4v) is 3.31. The lowest BCUT2D eigenvalue weighted by atomic mass is 10.1. The number of nitrogens with two attached hydrogens (primary N) is 1. The summed E-state index contributed by atoms with van der Waals surface area (Å²) in [6.45, 7) is 2.02. The molecule has 2 heterocycles. The molecule has 1 aromatic carbocycles. The van der Waals surface area contributed by atoms with Crippen LogP contribution in [-0.2, 0) is 0 Å². The summed E-state index contributed by atoms with van der Waals surface area (Å²) in [7, 11) is 0. The first-order valence-corrected chi connectivity index (χ1v) is 7.77. The first kappa shape index (κ1) is 12.7.